The van der Waals surface area contributed by atoms with Crippen molar-refractivity contribution >= 4 is 0 Å². The van der Waals surface area contributed by atoms with E-state index in [0.717, 1.165) is 19.4 Å². The lowest BCUT2D eigenvalue weighted by Crippen LogP contribution is -2.32. The van der Waals surface area contributed by atoms with E-state index in [9.17, 15) is 5.11 Å². The Morgan fingerprint density at radius 3 is 2.92 bits per heavy atom. The van der Waals surface area contributed by atoms with Gasteiger partial charge in [0.25, 0.3) is 0 Å². The second-order valence-corrected chi connectivity index (χ2v) is 3.90. The molecule has 2 atom stereocenters. The largest absolute Gasteiger partial charge is 0.393 e. The first kappa shape index (κ1) is 11.0. The molecule has 0 amide bonds. The van der Waals surface area contributed by atoms with Gasteiger partial charge in [0.2, 0.25) is 0 Å². The highest BCUT2D eigenvalue weighted by atomic mass is 16.5. The van der Waals surface area contributed by atoms with Gasteiger partial charge in [-0.05, 0) is 26.7 Å². The minimum absolute atomic E-state index is 0.190. The third-order valence-corrected chi connectivity index (χ3v) is 2.37. The molecule has 1 N–H and O–H groups in total. The Morgan fingerprint density at radius 1 is 1.54 bits per heavy atom. The molecule has 1 aliphatic rings. The normalized spacial score (nSPS) is 29.5. The van der Waals surface area contributed by atoms with E-state index in [4.69, 9.17) is 9.47 Å². The van der Waals surface area contributed by atoms with Crippen LogP contribution >= 0.6 is 0 Å². The number of aliphatic hydroxyl groups is 1. The summed E-state index contributed by atoms with van der Waals surface area (Å²) in [6.45, 7) is 6.15. The number of aliphatic hydroxyl groups excluding tert-OH is 1. The van der Waals surface area contributed by atoms with Crippen LogP contribution in [0.4, 0.5) is 0 Å². The molecule has 13 heavy (non-hydrogen) atoms. The Labute approximate surface area is 80.0 Å². The third kappa shape index (κ3) is 4.07. The van der Waals surface area contributed by atoms with Gasteiger partial charge in [0.15, 0.2) is 0 Å². The molecule has 1 heterocycles. The fourth-order valence-electron chi connectivity index (χ4n) is 1.52. The summed E-state index contributed by atoms with van der Waals surface area (Å²) in [6, 6.07) is 0. The molecule has 0 aliphatic carbocycles. The summed E-state index contributed by atoms with van der Waals surface area (Å²) >= 11 is 0. The number of rotatable bonds is 4. The molecule has 2 unspecified atom stereocenters. The van der Waals surface area contributed by atoms with Crippen molar-refractivity contribution in [2.75, 3.05) is 19.8 Å². The van der Waals surface area contributed by atoms with Crippen LogP contribution in [0.5, 0.6) is 0 Å². The summed E-state index contributed by atoms with van der Waals surface area (Å²) in [4.78, 5) is 0. The molecule has 78 valence electrons. The Bertz CT molecular complexity index is 136. The molecule has 1 saturated heterocycles. The SMILES string of the molecule is CC(C)OCCC1COCCC1O. The third-order valence-electron chi connectivity index (χ3n) is 2.37. The zero-order valence-corrected chi connectivity index (χ0v) is 8.53. The minimum atomic E-state index is -0.190. The molecular formula is C10H20O3. The molecule has 0 radical (unpaired) electrons. The summed E-state index contributed by atoms with van der Waals surface area (Å²) in [7, 11) is 0. The standard InChI is InChI=1S/C10H20O3/c1-8(2)13-6-3-9-7-12-5-4-10(9)11/h8-11H,3-7H2,1-2H3. The molecule has 0 aromatic heterocycles. The van der Waals surface area contributed by atoms with Gasteiger partial charge in [-0.15, -0.1) is 0 Å². The van der Waals surface area contributed by atoms with Crippen molar-refractivity contribution in [2.45, 2.75) is 38.9 Å². The van der Waals surface area contributed by atoms with Crippen molar-refractivity contribution in [3.63, 3.8) is 0 Å². The Morgan fingerprint density at radius 2 is 2.31 bits per heavy atom. The first-order chi connectivity index (χ1) is 6.20. The van der Waals surface area contributed by atoms with E-state index in [1.165, 1.54) is 0 Å². The molecule has 0 saturated carbocycles. The van der Waals surface area contributed by atoms with Crippen LogP contribution in [-0.4, -0.2) is 37.1 Å². The van der Waals surface area contributed by atoms with Crippen molar-refractivity contribution in [3.05, 3.63) is 0 Å². The van der Waals surface area contributed by atoms with E-state index in [1.54, 1.807) is 0 Å². The molecule has 0 aromatic rings. The second-order valence-electron chi connectivity index (χ2n) is 3.90. The van der Waals surface area contributed by atoms with E-state index in [2.05, 4.69) is 0 Å². The number of ether oxygens (including phenoxy) is 2. The van der Waals surface area contributed by atoms with Gasteiger partial charge in [-0.2, -0.15) is 0 Å². The van der Waals surface area contributed by atoms with Crippen LogP contribution in [0.3, 0.4) is 0 Å². The summed E-state index contributed by atoms with van der Waals surface area (Å²) in [5.74, 6) is 0.271. The van der Waals surface area contributed by atoms with Crippen molar-refractivity contribution < 1.29 is 14.6 Å². The van der Waals surface area contributed by atoms with Gasteiger partial charge in [0, 0.05) is 19.1 Å². The Hall–Kier alpha value is -0.120. The first-order valence-corrected chi connectivity index (χ1v) is 5.07. The van der Waals surface area contributed by atoms with Crippen LogP contribution in [0.1, 0.15) is 26.7 Å². The highest BCUT2D eigenvalue weighted by molar-refractivity contribution is 4.72. The lowest BCUT2D eigenvalue weighted by molar-refractivity contribution is -0.0503. The minimum Gasteiger partial charge on any atom is -0.393 e. The average Bonchev–Trinajstić information content (AvgIpc) is 2.08. The van der Waals surface area contributed by atoms with Crippen LogP contribution in [0.15, 0.2) is 0 Å². The van der Waals surface area contributed by atoms with Crippen LogP contribution in [0, 0.1) is 5.92 Å². The molecule has 0 spiro atoms. The zero-order chi connectivity index (χ0) is 9.68. The van der Waals surface area contributed by atoms with E-state index < -0.39 is 0 Å². The number of hydrogen-bond acceptors (Lipinski definition) is 3. The molecule has 0 bridgehead atoms. The predicted molar refractivity (Wildman–Crippen MR) is 50.6 cm³/mol. The maximum Gasteiger partial charge on any atom is 0.0613 e. The van der Waals surface area contributed by atoms with Gasteiger partial charge < -0.3 is 14.6 Å². The van der Waals surface area contributed by atoms with Crippen molar-refractivity contribution in [1.82, 2.24) is 0 Å². The molecule has 1 aliphatic heterocycles. The maximum atomic E-state index is 9.60. The van der Waals surface area contributed by atoms with Crippen LogP contribution < -0.4 is 0 Å². The van der Waals surface area contributed by atoms with Crippen molar-refractivity contribution in [1.29, 1.82) is 0 Å². The van der Waals surface area contributed by atoms with Crippen molar-refractivity contribution in [2.24, 2.45) is 5.92 Å². The highest BCUT2D eigenvalue weighted by Crippen LogP contribution is 2.18. The number of hydrogen-bond donors (Lipinski definition) is 1. The topological polar surface area (TPSA) is 38.7 Å². The van der Waals surface area contributed by atoms with E-state index in [-0.39, 0.29) is 18.1 Å². The van der Waals surface area contributed by atoms with Crippen LogP contribution in [0.2, 0.25) is 0 Å². The van der Waals surface area contributed by atoms with E-state index in [0.29, 0.717) is 13.2 Å². The molecular weight excluding hydrogens is 168 g/mol. The van der Waals surface area contributed by atoms with Crippen LogP contribution in [0.25, 0.3) is 0 Å². The molecule has 1 rings (SSSR count). The average molecular weight is 188 g/mol. The summed E-state index contributed by atoms with van der Waals surface area (Å²) in [6.07, 6.45) is 1.76. The van der Waals surface area contributed by atoms with E-state index >= 15 is 0 Å². The fourth-order valence-corrected chi connectivity index (χ4v) is 1.52. The molecule has 3 nitrogen and oxygen atoms in total. The Balaban J connectivity index is 2.11. The molecule has 0 aromatic carbocycles. The van der Waals surface area contributed by atoms with Gasteiger partial charge >= 0.3 is 0 Å². The lowest BCUT2D eigenvalue weighted by Gasteiger charge is -2.27. The predicted octanol–water partition coefficient (Wildman–Crippen LogP) is 1.20. The van der Waals surface area contributed by atoms with Crippen molar-refractivity contribution in [3.8, 4) is 0 Å². The monoisotopic (exact) mass is 188 g/mol. The quantitative estimate of drug-likeness (QED) is 0.720. The van der Waals surface area contributed by atoms with Gasteiger partial charge in [0.05, 0.1) is 18.8 Å². The van der Waals surface area contributed by atoms with Gasteiger partial charge in [0.1, 0.15) is 0 Å². The van der Waals surface area contributed by atoms with E-state index in [1.807, 2.05) is 13.8 Å². The second kappa shape index (κ2) is 5.58. The summed E-state index contributed by atoms with van der Waals surface area (Å²) in [5, 5.41) is 9.60. The zero-order valence-electron chi connectivity index (χ0n) is 8.53. The molecule has 3 heteroatoms. The van der Waals surface area contributed by atoms with Gasteiger partial charge in [-0.3, -0.25) is 0 Å². The Kier molecular flexibility index (Phi) is 4.70. The van der Waals surface area contributed by atoms with Gasteiger partial charge in [-0.25, -0.2) is 0 Å². The molecule has 1 fully saturated rings. The summed E-state index contributed by atoms with van der Waals surface area (Å²) < 4.78 is 10.7. The fraction of sp³-hybridized carbons (Fsp3) is 1.00. The highest BCUT2D eigenvalue weighted by Gasteiger charge is 2.23. The lowest BCUT2D eigenvalue weighted by atomic mass is 9.96. The smallest absolute Gasteiger partial charge is 0.0613 e. The van der Waals surface area contributed by atoms with Gasteiger partial charge in [-0.1, -0.05) is 0 Å². The summed E-state index contributed by atoms with van der Waals surface area (Å²) in [5.41, 5.74) is 0. The van der Waals surface area contributed by atoms with Crippen LogP contribution in [-0.2, 0) is 9.47 Å². The first-order valence-electron chi connectivity index (χ1n) is 5.07. The maximum absolute atomic E-state index is 9.60.